The van der Waals surface area contributed by atoms with Crippen LogP contribution in [0.15, 0.2) is 6.07 Å². The maximum atomic E-state index is 9.12. The van der Waals surface area contributed by atoms with E-state index in [9.17, 15) is 0 Å². The van der Waals surface area contributed by atoms with Gasteiger partial charge in [0.15, 0.2) is 0 Å². The van der Waals surface area contributed by atoms with Crippen LogP contribution in [0.5, 0.6) is 0 Å². The maximum Gasteiger partial charge on any atom is 0.0446 e. The lowest BCUT2D eigenvalue weighted by atomic mass is 9.85. The van der Waals surface area contributed by atoms with Gasteiger partial charge in [0, 0.05) is 28.9 Å². The average Bonchev–Trinajstić information content (AvgIpc) is 2.50. The SMILES string of the molecule is Cc1cc(CNC(CCO)C(C)(C)C)c(C)s1. The van der Waals surface area contributed by atoms with Gasteiger partial charge < -0.3 is 10.4 Å². The fourth-order valence-electron chi connectivity index (χ4n) is 2.06. The van der Waals surface area contributed by atoms with Gasteiger partial charge in [-0.3, -0.25) is 0 Å². The van der Waals surface area contributed by atoms with Gasteiger partial charge in [-0.05, 0) is 37.3 Å². The Balaban J connectivity index is 2.61. The zero-order valence-electron chi connectivity index (χ0n) is 11.6. The second-order valence-corrected chi connectivity index (χ2v) is 7.21. The Bertz CT molecular complexity index is 352. The molecule has 0 fully saturated rings. The summed E-state index contributed by atoms with van der Waals surface area (Å²) < 4.78 is 0. The van der Waals surface area contributed by atoms with Crippen LogP contribution in [0.25, 0.3) is 0 Å². The van der Waals surface area contributed by atoms with E-state index in [0.717, 1.165) is 13.0 Å². The summed E-state index contributed by atoms with van der Waals surface area (Å²) in [4.78, 5) is 2.76. The highest BCUT2D eigenvalue weighted by atomic mass is 32.1. The minimum atomic E-state index is 0.182. The summed E-state index contributed by atoms with van der Waals surface area (Å²) in [5.74, 6) is 0. The normalized spacial score (nSPS) is 14.0. The summed E-state index contributed by atoms with van der Waals surface area (Å²) in [5, 5.41) is 12.7. The lowest BCUT2D eigenvalue weighted by Crippen LogP contribution is -2.40. The second-order valence-electron chi connectivity index (χ2n) is 5.75. The molecule has 1 heterocycles. The van der Waals surface area contributed by atoms with Gasteiger partial charge >= 0.3 is 0 Å². The molecule has 1 atom stereocenters. The zero-order chi connectivity index (χ0) is 13.1. The molecule has 17 heavy (non-hydrogen) atoms. The molecule has 0 amide bonds. The topological polar surface area (TPSA) is 32.3 Å². The van der Waals surface area contributed by atoms with E-state index < -0.39 is 0 Å². The van der Waals surface area contributed by atoms with Gasteiger partial charge in [0.25, 0.3) is 0 Å². The Kier molecular flexibility index (Phi) is 5.17. The summed E-state index contributed by atoms with van der Waals surface area (Å²) in [7, 11) is 0. The van der Waals surface area contributed by atoms with Crippen LogP contribution in [0.1, 0.15) is 42.5 Å². The quantitative estimate of drug-likeness (QED) is 0.846. The standard InChI is InChI=1S/C14H25NOS/c1-10-8-12(11(2)17-10)9-15-13(6-7-16)14(3,4)5/h8,13,15-16H,6-7,9H2,1-5H3. The molecule has 0 aliphatic heterocycles. The zero-order valence-corrected chi connectivity index (χ0v) is 12.4. The van der Waals surface area contributed by atoms with Crippen molar-refractivity contribution in [2.24, 2.45) is 5.41 Å². The molecule has 0 aromatic carbocycles. The van der Waals surface area contributed by atoms with Crippen molar-refractivity contribution in [3.63, 3.8) is 0 Å². The van der Waals surface area contributed by atoms with E-state index in [2.05, 4.69) is 46.0 Å². The number of nitrogens with one attached hydrogen (secondary N) is 1. The summed E-state index contributed by atoms with van der Waals surface area (Å²) in [6.07, 6.45) is 0.811. The number of aliphatic hydroxyl groups is 1. The number of aryl methyl sites for hydroxylation is 2. The molecule has 2 nitrogen and oxygen atoms in total. The summed E-state index contributed by atoms with van der Waals surface area (Å²) in [5.41, 5.74) is 1.57. The minimum Gasteiger partial charge on any atom is -0.396 e. The Morgan fingerprint density at radius 3 is 2.41 bits per heavy atom. The van der Waals surface area contributed by atoms with Gasteiger partial charge in [0.05, 0.1) is 0 Å². The number of thiophene rings is 1. The van der Waals surface area contributed by atoms with Crippen molar-refractivity contribution in [3.8, 4) is 0 Å². The van der Waals surface area contributed by atoms with E-state index in [-0.39, 0.29) is 12.0 Å². The molecule has 1 aromatic heterocycles. The lowest BCUT2D eigenvalue weighted by Gasteiger charge is -2.31. The van der Waals surface area contributed by atoms with Crippen LogP contribution < -0.4 is 5.32 Å². The van der Waals surface area contributed by atoms with Crippen molar-refractivity contribution in [2.45, 2.75) is 53.6 Å². The summed E-state index contributed by atoms with van der Waals surface area (Å²) in [6.45, 7) is 12.1. The van der Waals surface area contributed by atoms with E-state index in [4.69, 9.17) is 5.11 Å². The Morgan fingerprint density at radius 2 is 2.00 bits per heavy atom. The van der Waals surface area contributed by atoms with E-state index >= 15 is 0 Å². The van der Waals surface area contributed by atoms with Crippen LogP contribution in [0.4, 0.5) is 0 Å². The molecule has 0 bridgehead atoms. The smallest absolute Gasteiger partial charge is 0.0446 e. The summed E-state index contributed by atoms with van der Waals surface area (Å²) >= 11 is 1.85. The van der Waals surface area contributed by atoms with Crippen molar-refractivity contribution < 1.29 is 5.11 Å². The molecule has 0 aliphatic rings. The van der Waals surface area contributed by atoms with E-state index in [0.29, 0.717) is 6.04 Å². The van der Waals surface area contributed by atoms with Crippen LogP contribution in [-0.4, -0.2) is 17.8 Å². The molecule has 0 saturated heterocycles. The second kappa shape index (κ2) is 5.98. The monoisotopic (exact) mass is 255 g/mol. The van der Waals surface area contributed by atoms with Crippen molar-refractivity contribution in [2.75, 3.05) is 6.61 Å². The highest BCUT2D eigenvalue weighted by molar-refractivity contribution is 7.12. The predicted octanol–water partition coefficient (Wildman–Crippen LogP) is 3.25. The molecule has 98 valence electrons. The molecule has 0 saturated carbocycles. The molecular formula is C14H25NOS. The molecule has 1 aromatic rings. The average molecular weight is 255 g/mol. The molecular weight excluding hydrogens is 230 g/mol. The minimum absolute atomic E-state index is 0.182. The van der Waals surface area contributed by atoms with Gasteiger partial charge in [-0.2, -0.15) is 0 Å². The van der Waals surface area contributed by atoms with Crippen LogP contribution >= 0.6 is 11.3 Å². The Hall–Kier alpha value is -0.380. The largest absolute Gasteiger partial charge is 0.396 e. The number of rotatable bonds is 5. The van der Waals surface area contributed by atoms with Gasteiger partial charge in [-0.15, -0.1) is 11.3 Å². The molecule has 1 rings (SSSR count). The Morgan fingerprint density at radius 1 is 1.35 bits per heavy atom. The first kappa shape index (κ1) is 14.7. The fourth-order valence-corrected chi connectivity index (χ4v) is 3.01. The molecule has 1 unspecified atom stereocenters. The van der Waals surface area contributed by atoms with Crippen molar-refractivity contribution in [1.82, 2.24) is 5.32 Å². The van der Waals surface area contributed by atoms with Crippen LogP contribution in [0.3, 0.4) is 0 Å². The number of hydrogen-bond acceptors (Lipinski definition) is 3. The maximum absolute atomic E-state index is 9.12. The van der Waals surface area contributed by atoms with Gasteiger partial charge in [-0.1, -0.05) is 20.8 Å². The molecule has 3 heteroatoms. The third-order valence-electron chi connectivity index (χ3n) is 3.15. The van der Waals surface area contributed by atoms with Crippen LogP contribution in [0.2, 0.25) is 0 Å². The number of aliphatic hydroxyl groups excluding tert-OH is 1. The van der Waals surface area contributed by atoms with Crippen molar-refractivity contribution in [1.29, 1.82) is 0 Å². The van der Waals surface area contributed by atoms with Crippen molar-refractivity contribution >= 4 is 11.3 Å². The first-order valence-corrected chi connectivity index (χ1v) is 7.06. The van der Waals surface area contributed by atoms with Gasteiger partial charge in [-0.25, -0.2) is 0 Å². The highest BCUT2D eigenvalue weighted by Crippen LogP contribution is 2.24. The third-order valence-corrected chi connectivity index (χ3v) is 4.15. The summed E-state index contributed by atoms with van der Waals surface area (Å²) in [6, 6.07) is 2.61. The predicted molar refractivity (Wildman–Crippen MR) is 75.6 cm³/mol. The molecule has 0 aliphatic carbocycles. The molecule has 0 radical (unpaired) electrons. The van der Waals surface area contributed by atoms with E-state index in [1.165, 1.54) is 15.3 Å². The Labute approximate surface area is 109 Å². The van der Waals surface area contributed by atoms with Crippen LogP contribution in [0, 0.1) is 19.3 Å². The van der Waals surface area contributed by atoms with Gasteiger partial charge in [0.2, 0.25) is 0 Å². The first-order valence-electron chi connectivity index (χ1n) is 6.24. The molecule has 0 spiro atoms. The fraction of sp³-hybridized carbons (Fsp3) is 0.714. The number of hydrogen-bond donors (Lipinski definition) is 2. The van der Waals surface area contributed by atoms with Crippen molar-refractivity contribution in [3.05, 3.63) is 21.4 Å². The van der Waals surface area contributed by atoms with E-state index in [1.807, 2.05) is 11.3 Å². The third kappa shape index (κ3) is 4.41. The molecule has 2 N–H and O–H groups in total. The van der Waals surface area contributed by atoms with Gasteiger partial charge in [0.1, 0.15) is 0 Å². The first-order chi connectivity index (χ1) is 7.84. The van der Waals surface area contributed by atoms with E-state index in [1.54, 1.807) is 0 Å². The lowest BCUT2D eigenvalue weighted by molar-refractivity contribution is 0.196. The highest BCUT2D eigenvalue weighted by Gasteiger charge is 2.23. The van der Waals surface area contributed by atoms with Crippen LogP contribution in [-0.2, 0) is 6.54 Å².